The third-order valence-corrected chi connectivity index (χ3v) is 2.09. The Morgan fingerprint density at radius 2 is 1.93 bits per heavy atom. The minimum Gasteiger partial charge on any atom is -0.250 e. The molecule has 0 amide bonds. The van der Waals surface area contributed by atoms with Crippen LogP contribution in [0.5, 0.6) is 0 Å². The Bertz CT molecular complexity index is 412. The summed E-state index contributed by atoms with van der Waals surface area (Å²) in [6.07, 6.45) is 0. The molecule has 0 spiro atoms. The van der Waals surface area contributed by atoms with Crippen LogP contribution in [-0.2, 0) is 0 Å². The molecule has 1 aromatic rings. The minimum absolute atomic E-state index is 0.227. The molecule has 0 aliphatic rings. The molecular weight excluding hydrogens is 179 g/mol. The highest BCUT2D eigenvalue weighted by Gasteiger charge is 2.08. The summed E-state index contributed by atoms with van der Waals surface area (Å²) >= 11 is 0. The van der Waals surface area contributed by atoms with E-state index in [-0.39, 0.29) is 5.92 Å². The fraction of sp³-hybridized carbons (Fsp3) is 0.273. The first kappa shape index (κ1) is 10.2. The summed E-state index contributed by atoms with van der Waals surface area (Å²) in [5.41, 5.74) is 1.40. The molecule has 2 nitrogen and oxygen atoms in total. The lowest BCUT2D eigenvalue weighted by Crippen LogP contribution is -1.97. The first-order valence-corrected chi connectivity index (χ1v) is 4.23. The molecule has 0 N–H and O–H groups in total. The summed E-state index contributed by atoms with van der Waals surface area (Å²) in [6, 6.07) is 8.65. The first-order valence-electron chi connectivity index (χ1n) is 4.23. The summed E-state index contributed by atoms with van der Waals surface area (Å²) in [5.74, 6) is -0.227. The van der Waals surface area contributed by atoms with E-state index >= 15 is 0 Å². The van der Waals surface area contributed by atoms with Crippen LogP contribution in [0.1, 0.15) is 29.5 Å². The summed E-state index contributed by atoms with van der Waals surface area (Å²) < 4.78 is 12.3. The second kappa shape index (κ2) is 4.39. The van der Waals surface area contributed by atoms with Crippen molar-refractivity contribution in [2.75, 3.05) is 6.67 Å². The van der Waals surface area contributed by atoms with E-state index in [2.05, 4.69) is 0 Å². The van der Waals surface area contributed by atoms with Crippen molar-refractivity contribution in [3.05, 3.63) is 34.9 Å². The molecule has 0 aromatic heterocycles. The van der Waals surface area contributed by atoms with Crippen molar-refractivity contribution < 1.29 is 4.39 Å². The highest BCUT2D eigenvalue weighted by atomic mass is 19.1. The minimum atomic E-state index is -0.462. The molecule has 0 fully saturated rings. The van der Waals surface area contributed by atoms with E-state index in [0.29, 0.717) is 11.1 Å². The molecule has 0 saturated carbocycles. The predicted octanol–water partition coefficient (Wildman–Crippen LogP) is 2.50. The van der Waals surface area contributed by atoms with E-state index in [1.165, 1.54) is 0 Å². The summed E-state index contributed by atoms with van der Waals surface area (Å²) in [6.45, 7) is 1.28. The van der Waals surface area contributed by atoms with Gasteiger partial charge in [-0.2, -0.15) is 10.5 Å². The predicted molar refractivity (Wildman–Crippen MR) is 50.3 cm³/mol. The van der Waals surface area contributed by atoms with Crippen LogP contribution in [0.25, 0.3) is 0 Å². The fourth-order valence-corrected chi connectivity index (χ4v) is 1.15. The number of halogens is 1. The van der Waals surface area contributed by atoms with Crippen LogP contribution >= 0.6 is 0 Å². The van der Waals surface area contributed by atoms with E-state index in [1.54, 1.807) is 25.1 Å². The van der Waals surface area contributed by atoms with Gasteiger partial charge < -0.3 is 0 Å². The smallest absolute Gasteiger partial charge is 0.101 e. The molecule has 14 heavy (non-hydrogen) atoms. The third kappa shape index (κ3) is 1.89. The lowest BCUT2D eigenvalue weighted by molar-refractivity contribution is 0.447. The van der Waals surface area contributed by atoms with E-state index < -0.39 is 6.67 Å². The second-order valence-corrected chi connectivity index (χ2v) is 3.08. The van der Waals surface area contributed by atoms with Gasteiger partial charge in [-0.05, 0) is 17.7 Å². The maximum Gasteiger partial charge on any atom is 0.101 e. The van der Waals surface area contributed by atoms with Crippen LogP contribution < -0.4 is 0 Å². The SMILES string of the molecule is CC(CF)c1ccc(C#N)c(C#N)c1. The van der Waals surface area contributed by atoms with Gasteiger partial charge in [0.1, 0.15) is 12.1 Å². The molecule has 1 aromatic carbocycles. The van der Waals surface area contributed by atoms with E-state index in [4.69, 9.17) is 10.5 Å². The molecule has 1 unspecified atom stereocenters. The van der Waals surface area contributed by atoms with Crippen LogP contribution in [0.15, 0.2) is 18.2 Å². The van der Waals surface area contributed by atoms with E-state index in [0.717, 1.165) is 5.56 Å². The average Bonchev–Trinajstić information content (AvgIpc) is 2.26. The number of hydrogen-bond donors (Lipinski definition) is 0. The highest BCUT2D eigenvalue weighted by Crippen LogP contribution is 2.19. The number of hydrogen-bond acceptors (Lipinski definition) is 2. The van der Waals surface area contributed by atoms with E-state index in [1.807, 2.05) is 12.1 Å². The molecule has 0 heterocycles. The second-order valence-electron chi connectivity index (χ2n) is 3.08. The van der Waals surface area contributed by atoms with Gasteiger partial charge in [0.2, 0.25) is 0 Å². The quantitative estimate of drug-likeness (QED) is 0.715. The van der Waals surface area contributed by atoms with Crippen molar-refractivity contribution in [1.82, 2.24) is 0 Å². The van der Waals surface area contributed by atoms with Gasteiger partial charge in [-0.25, -0.2) is 0 Å². The zero-order valence-electron chi connectivity index (χ0n) is 7.79. The van der Waals surface area contributed by atoms with Crippen LogP contribution in [0.2, 0.25) is 0 Å². The Balaban J connectivity index is 3.17. The van der Waals surface area contributed by atoms with Crippen molar-refractivity contribution in [2.45, 2.75) is 12.8 Å². The lowest BCUT2D eigenvalue weighted by Gasteiger charge is -2.07. The van der Waals surface area contributed by atoms with Crippen LogP contribution in [0.4, 0.5) is 4.39 Å². The third-order valence-electron chi connectivity index (χ3n) is 2.09. The van der Waals surface area contributed by atoms with Crippen molar-refractivity contribution in [3.8, 4) is 12.1 Å². The maximum atomic E-state index is 12.3. The number of nitrogens with zero attached hydrogens (tertiary/aromatic N) is 2. The molecule has 0 radical (unpaired) electrons. The summed E-state index contributed by atoms with van der Waals surface area (Å²) in [5, 5.41) is 17.4. The van der Waals surface area contributed by atoms with Gasteiger partial charge in [-0.15, -0.1) is 0 Å². The lowest BCUT2D eigenvalue weighted by atomic mass is 9.98. The zero-order valence-corrected chi connectivity index (χ0v) is 7.79. The van der Waals surface area contributed by atoms with Crippen molar-refractivity contribution in [2.24, 2.45) is 0 Å². The highest BCUT2D eigenvalue weighted by molar-refractivity contribution is 5.47. The Labute approximate surface area is 82.2 Å². The van der Waals surface area contributed by atoms with Crippen molar-refractivity contribution in [3.63, 3.8) is 0 Å². The first-order chi connectivity index (χ1) is 6.72. The van der Waals surface area contributed by atoms with Gasteiger partial charge in [-0.1, -0.05) is 13.0 Å². The largest absolute Gasteiger partial charge is 0.250 e. The monoisotopic (exact) mass is 188 g/mol. The zero-order chi connectivity index (χ0) is 10.6. The van der Waals surface area contributed by atoms with Gasteiger partial charge in [-0.3, -0.25) is 4.39 Å². The number of rotatable bonds is 2. The van der Waals surface area contributed by atoms with Crippen LogP contribution in [0, 0.1) is 22.7 Å². The average molecular weight is 188 g/mol. The standard InChI is InChI=1S/C11H9FN2/c1-8(5-12)9-2-3-10(6-13)11(4-9)7-14/h2-4,8H,5H2,1H3. The Hall–Kier alpha value is -1.87. The summed E-state index contributed by atoms with van der Waals surface area (Å²) in [4.78, 5) is 0. The Morgan fingerprint density at radius 3 is 2.43 bits per heavy atom. The van der Waals surface area contributed by atoms with Crippen LogP contribution in [0.3, 0.4) is 0 Å². The molecule has 0 aliphatic carbocycles. The van der Waals surface area contributed by atoms with Gasteiger partial charge in [0.25, 0.3) is 0 Å². The molecule has 70 valence electrons. The molecule has 1 atom stereocenters. The van der Waals surface area contributed by atoms with Gasteiger partial charge in [0.05, 0.1) is 17.8 Å². The van der Waals surface area contributed by atoms with Gasteiger partial charge >= 0.3 is 0 Å². The van der Waals surface area contributed by atoms with Crippen molar-refractivity contribution >= 4 is 0 Å². The number of alkyl halides is 1. The van der Waals surface area contributed by atoms with Crippen molar-refractivity contribution in [1.29, 1.82) is 10.5 Å². The fourth-order valence-electron chi connectivity index (χ4n) is 1.15. The molecule has 0 bridgehead atoms. The van der Waals surface area contributed by atoms with Gasteiger partial charge in [0, 0.05) is 5.92 Å². The van der Waals surface area contributed by atoms with Crippen LogP contribution in [-0.4, -0.2) is 6.67 Å². The topological polar surface area (TPSA) is 47.6 Å². The normalized spacial score (nSPS) is 11.4. The molecule has 3 heteroatoms. The molecular formula is C11H9FN2. The van der Waals surface area contributed by atoms with Gasteiger partial charge in [0.15, 0.2) is 0 Å². The number of nitriles is 2. The summed E-state index contributed by atoms with van der Waals surface area (Å²) in [7, 11) is 0. The Morgan fingerprint density at radius 1 is 1.29 bits per heavy atom. The van der Waals surface area contributed by atoms with E-state index in [9.17, 15) is 4.39 Å². The molecule has 0 aliphatic heterocycles. The molecule has 0 saturated heterocycles. The number of benzene rings is 1. The molecule has 1 rings (SSSR count). The Kier molecular flexibility index (Phi) is 3.20. The maximum absolute atomic E-state index is 12.3.